The third kappa shape index (κ3) is 4.44. The van der Waals surface area contributed by atoms with Crippen LogP contribution in [0.25, 0.3) is 0 Å². The van der Waals surface area contributed by atoms with Crippen molar-refractivity contribution in [3.05, 3.63) is 0 Å². The van der Waals surface area contributed by atoms with E-state index in [1.807, 2.05) is 0 Å². The minimum atomic E-state index is -1.29. The molecule has 2 nitrogen and oxygen atoms in total. The molecule has 0 aromatic carbocycles. The molecule has 0 unspecified atom stereocenters. The molecule has 0 saturated carbocycles. The van der Waals surface area contributed by atoms with Crippen molar-refractivity contribution >= 4 is 17.6 Å². The molecule has 0 amide bonds. The Hall–Kier alpha value is -0.0600. The van der Waals surface area contributed by atoms with Crippen LogP contribution in [0.3, 0.4) is 0 Å². The Bertz CT molecular complexity index is 89.0. The normalized spacial score (nSPS) is 16.8. The van der Waals surface area contributed by atoms with Gasteiger partial charge in [-0.1, -0.05) is 12.2 Å². The van der Waals surface area contributed by atoms with Gasteiger partial charge in [0.1, 0.15) is 6.17 Å². The second kappa shape index (κ2) is 4.78. The Morgan fingerprint density at radius 3 is 2.56 bits per heavy atom. The lowest BCUT2D eigenvalue weighted by atomic mass is 10.2. The van der Waals surface area contributed by atoms with Crippen molar-refractivity contribution in [1.29, 1.82) is 0 Å². The zero-order chi connectivity index (χ0) is 7.28. The molecule has 9 heavy (non-hydrogen) atoms. The van der Waals surface area contributed by atoms with Crippen LogP contribution in [0.15, 0.2) is 0 Å². The van der Waals surface area contributed by atoms with Gasteiger partial charge in [-0.15, -0.1) is 0 Å². The van der Waals surface area contributed by atoms with Crippen LogP contribution in [0.2, 0.25) is 0 Å². The molecule has 0 aliphatic heterocycles. The summed E-state index contributed by atoms with van der Waals surface area (Å²) in [6.07, 6.45) is -2.39. The fraction of sp³-hybridized carbons (Fsp3) is 0.800. The van der Waals surface area contributed by atoms with Crippen molar-refractivity contribution in [3.8, 4) is 0 Å². The molecule has 0 radical (unpaired) electrons. The van der Waals surface area contributed by atoms with Crippen LogP contribution in [-0.4, -0.2) is 34.5 Å². The molecule has 0 saturated heterocycles. The van der Waals surface area contributed by atoms with Gasteiger partial charge in [0.25, 0.3) is 0 Å². The van der Waals surface area contributed by atoms with Gasteiger partial charge in [0.15, 0.2) is 0 Å². The van der Waals surface area contributed by atoms with Gasteiger partial charge in [0, 0.05) is 11.8 Å². The molecule has 0 aliphatic rings. The van der Waals surface area contributed by atoms with Crippen molar-refractivity contribution in [2.75, 3.05) is 6.61 Å². The minimum Gasteiger partial charge on any atom is -0.394 e. The number of hydrogen-bond acceptors (Lipinski definition) is 3. The minimum absolute atomic E-state index is 0.111. The molecule has 0 aromatic heterocycles. The molecule has 0 rings (SSSR count). The summed E-state index contributed by atoms with van der Waals surface area (Å²) in [7, 11) is 0. The average molecular weight is 152 g/mol. The Morgan fingerprint density at radius 2 is 2.22 bits per heavy atom. The second-order valence-corrected chi connectivity index (χ2v) is 2.00. The molecule has 0 spiro atoms. The van der Waals surface area contributed by atoms with Crippen molar-refractivity contribution < 1.29 is 14.6 Å². The molecule has 0 heterocycles. The molecular weight excluding hydrogens is 143 g/mol. The van der Waals surface area contributed by atoms with E-state index < -0.39 is 18.9 Å². The summed E-state index contributed by atoms with van der Waals surface area (Å²) < 4.78 is 12.1. The highest BCUT2D eigenvalue weighted by Gasteiger charge is 2.08. The lowest BCUT2D eigenvalue weighted by molar-refractivity contribution is 0.0767. The third-order valence-electron chi connectivity index (χ3n) is 0.856. The highest BCUT2D eigenvalue weighted by atomic mass is 32.1. The van der Waals surface area contributed by atoms with Gasteiger partial charge < -0.3 is 10.2 Å². The van der Waals surface area contributed by atoms with Crippen LogP contribution in [0, 0.1) is 0 Å². The molecule has 0 bridgehead atoms. The van der Waals surface area contributed by atoms with E-state index in [1.165, 1.54) is 0 Å². The lowest BCUT2D eigenvalue weighted by Crippen LogP contribution is -2.18. The molecule has 0 aliphatic carbocycles. The first-order chi connectivity index (χ1) is 4.20. The first kappa shape index (κ1) is 8.94. The second-order valence-electron chi connectivity index (χ2n) is 1.72. The maximum absolute atomic E-state index is 12.1. The maximum atomic E-state index is 12.1. The monoisotopic (exact) mass is 152 g/mol. The predicted molar refractivity (Wildman–Crippen MR) is 36.3 cm³/mol. The predicted octanol–water partition coefficient (Wildman–Crippen LogP) is 0.0675. The zero-order valence-electron chi connectivity index (χ0n) is 4.83. The van der Waals surface area contributed by atoms with Gasteiger partial charge in [-0.3, -0.25) is 0 Å². The van der Waals surface area contributed by atoms with E-state index in [0.29, 0.717) is 0 Å². The molecule has 4 heteroatoms. The molecule has 0 fully saturated rings. The fourth-order valence-corrected chi connectivity index (χ4v) is 0.501. The van der Waals surface area contributed by atoms with E-state index in [1.54, 1.807) is 0 Å². The summed E-state index contributed by atoms with van der Waals surface area (Å²) in [5, 5.41) is 17.7. The van der Waals surface area contributed by atoms with E-state index in [4.69, 9.17) is 10.2 Å². The molecule has 2 atom stereocenters. The van der Waals surface area contributed by atoms with E-state index in [2.05, 4.69) is 12.2 Å². The van der Waals surface area contributed by atoms with Gasteiger partial charge in [0.2, 0.25) is 0 Å². The number of aliphatic hydroxyl groups is 2. The van der Waals surface area contributed by atoms with Crippen molar-refractivity contribution in [1.82, 2.24) is 0 Å². The summed E-state index contributed by atoms with van der Waals surface area (Å²) in [5.41, 5.74) is 0. The van der Waals surface area contributed by atoms with Crippen LogP contribution in [0.1, 0.15) is 6.42 Å². The van der Waals surface area contributed by atoms with Crippen LogP contribution in [0.5, 0.6) is 0 Å². The number of alkyl halides is 1. The van der Waals surface area contributed by atoms with Crippen LogP contribution in [-0.2, 0) is 0 Å². The average Bonchev–Trinajstić information content (AvgIpc) is 1.87. The highest BCUT2D eigenvalue weighted by Crippen LogP contribution is 1.99. The van der Waals surface area contributed by atoms with Gasteiger partial charge in [0.05, 0.1) is 12.7 Å². The molecular formula is C5H9FO2S. The maximum Gasteiger partial charge on any atom is 0.131 e. The molecule has 0 aromatic rings. The Kier molecular flexibility index (Phi) is 4.75. The van der Waals surface area contributed by atoms with Crippen LogP contribution in [0.4, 0.5) is 4.39 Å². The summed E-state index contributed by atoms with van der Waals surface area (Å²) in [6.45, 7) is -0.413. The van der Waals surface area contributed by atoms with E-state index in [-0.39, 0.29) is 6.42 Å². The van der Waals surface area contributed by atoms with Crippen LogP contribution >= 0.6 is 12.2 Å². The topological polar surface area (TPSA) is 40.5 Å². The molecule has 54 valence electrons. The third-order valence-corrected chi connectivity index (χ3v) is 1.15. The van der Waals surface area contributed by atoms with Crippen molar-refractivity contribution in [2.24, 2.45) is 0 Å². The lowest BCUT2D eigenvalue weighted by Gasteiger charge is -2.05. The SMILES string of the molecule is OC[C@@H](O)C[C@H](F)C=S. The van der Waals surface area contributed by atoms with Gasteiger partial charge in [-0.2, -0.15) is 0 Å². The highest BCUT2D eigenvalue weighted by molar-refractivity contribution is 7.79. The van der Waals surface area contributed by atoms with Gasteiger partial charge in [-0.05, 0) is 0 Å². The van der Waals surface area contributed by atoms with E-state index >= 15 is 0 Å². The summed E-state index contributed by atoms with van der Waals surface area (Å²) in [4.78, 5) is 0. The molecule has 2 N–H and O–H groups in total. The number of halogens is 1. The van der Waals surface area contributed by atoms with Gasteiger partial charge >= 0.3 is 0 Å². The number of hydrogen-bond donors (Lipinski definition) is 2. The smallest absolute Gasteiger partial charge is 0.131 e. The standard InChI is InChI=1S/C5H9FO2S/c6-4(3-9)1-5(8)2-7/h3-5,7-8H,1-2H2/t4-,5-/m0/s1. The quantitative estimate of drug-likeness (QED) is 0.560. The van der Waals surface area contributed by atoms with E-state index in [0.717, 1.165) is 5.37 Å². The summed E-state index contributed by atoms with van der Waals surface area (Å²) in [5.74, 6) is 0. The Morgan fingerprint density at radius 1 is 1.67 bits per heavy atom. The first-order valence-electron chi connectivity index (χ1n) is 2.59. The van der Waals surface area contributed by atoms with E-state index in [9.17, 15) is 4.39 Å². The number of thiocarbonyl (C=S) groups is 1. The first-order valence-corrected chi connectivity index (χ1v) is 3.06. The van der Waals surface area contributed by atoms with Gasteiger partial charge in [-0.25, -0.2) is 4.39 Å². The zero-order valence-corrected chi connectivity index (χ0v) is 5.64. The Labute approximate surface area is 58.3 Å². The van der Waals surface area contributed by atoms with Crippen molar-refractivity contribution in [3.63, 3.8) is 0 Å². The van der Waals surface area contributed by atoms with Crippen LogP contribution < -0.4 is 0 Å². The summed E-state index contributed by atoms with van der Waals surface area (Å²) >= 11 is 4.25. The van der Waals surface area contributed by atoms with Crippen molar-refractivity contribution in [2.45, 2.75) is 18.7 Å². The summed E-state index contributed by atoms with van der Waals surface area (Å²) in [6, 6.07) is 0. The largest absolute Gasteiger partial charge is 0.394 e. The number of aliphatic hydroxyl groups excluding tert-OH is 2. The Balaban J connectivity index is 3.33. The number of rotatable bonds is 4. The fourth-order valence-electron chi connectivity index (χ4n) is 0.390.